The largest absolute Gasteiger partial charge is 0.494 e. The van der Waals surface area contributed by atoms with Crippen LogP contribution in [0.1, 0.15) is 19.8 Å². The van der Waals surface area contributed by atoms with Gasteiger partial charge in [-0.3, -0.25) is 14.5 Å². The van der Waals surface area contributed by atoms with Crippen LogP contribution in [0.2, 0.25) is 0 Å². The topological polar surface area (TPSA) is 71.0 Å². The average molecular weight is 415 g/mol. The molecule has 1 aliphatic heterocycles. The van der Waals surface area contributed by atoms with Crippen molar-refractivity contribution in [2.45, 2.75) is 25.0 Å². The molecular formula is C21H22FN3O3S. The fourth-order valence-corrected chi connectivity index (χ4v) is 4.09. The predicted octanol–water partition coefficient (Wildman–Crippen LogP) is 4.20. The highest BCUT2D eigenvalue weighted by Gasteiger charge is 2.38. The molecule has 1 atom stereocenters. The third-order valence-electron chi connectivity index (χ3n) is 4.29. The number of rotatable bonds is 7. The van der Waals surface area contributed by atoms with Crippen LogP contribution in [0.25, 0.3) is 0 Å². The number of benzene rings is 2. The first-order valence-electron chi connectivity index (χ1n) is 9.27. The summed E-state index contributed by atoms with van der Waals surface area (Å²) in [5.41, 5.74) is 0.712. The molecular weight excluding hydrogens is 393 g/mol. The molecule has 2 aromatic carbocycles. The van der Waals surface area contributed by atoms with Gasteiger partial charge in [-0.25, -0.2) is 9.38 Å². The van der Waals surface area contributed by atoms with Crippen LogP contribution in [0.5, 0.6) is 5.75 Å². The molecule has 0 radical (unpaired) electrons. The lowest BCUT2D eigenvalue weighted by Crippen LogP contribution is -2.34. The number of carbonyl (C=O) groups is 2. The number of anilines is 1. The maximum Gasteiger partial charge on any atom is 0.242 e. The number of nitrogens with zero attached hydrogens (tertiary/aromatic N) is 2. The number of ether oxygens (including phenoxy) is 1. The van der Waals surface area contributed by atoms with E-state index in [9.17, 15) is 14.0 Å². The van der Waals surface area contributed by atoms with Crippen LogP contribution in [0, 0.1) is 5.82 Å². The summed E-state index contributed by atoms with van der Waals surface area (Å²) in [6.45, 7) is 2.47. The van der Waals surface area contributed by atoms with Crippen LogP contribution in [0.15, 0.2) is 53.5 Å². The summed E-state index contributed by atoms with van der Waals surface area (Å²) in [6.07, 6.45) is 0.689. The van der Waals surface area contributed by atoms with Crippen LogP contribution in [-0.4, -0.2) is 40.8 Å². The molecule has 0 aliphatic carbocycles. The second-order valence-corrected chi connectivity index (χ2v) is 7.56. The lowest BCUT2D eigenvalue weighted by Gasteiger charge is -2.15. The number of methoxy groups -OCH3 is 1. The number of aliphatic imine (C=N–C) groups is 1. The highest BCUT2D eigenvalue weighted by molar-refractivity contribution is 8.15. The summed E-state index contributed by atoms with van der Waals surface area (Å²) in [6, 6.07) is 13.2. The van der Waals surface area contributed by atoms with Crippen molar-refractivity contribution in [1.29, 1.82) is 0 Å². The molecule has 1 fully saturated rings. The molecule has 1 aliphatic rings. The molecule has 1 heterocycles. The maximum absolute atomic E-state index is 13.8. The minimum Gasteiger partial charge on any atom is -0.494 e. The molecule has 0 aromatic heterocycles. The van der Waals surface area contributed by atoms with Gasteiger partial charge in [-0.2, -0.15) is 0 Å². The fourth-order valence-electron chi connectivity index (χ4n) is 2.91. The Morgan fingerprint density at radius 2 is 1.97 bits per heavy atom. The Balaban J connectivity index is 1.77. The van der Waals surface area contributed by atoms with Gasteiger partial charge in [0.1, 0.15) is 22.5 Å². The molecule has 2 aromatic rings. The zero-order valence-corrected chi connectivity index (χ0v) is 17.0. The summed E-state index contributed by atoms with van der Waals surface area (Å²) in [5, 5.41) is 2.45. The third kappa shape index (κ3) is 4.95. The van der Waals surface area contributed by atoms with E-state index in [2.05, 4.69) is 10.3 Å². The van der Waals surface area contributed by atoms with Crippen LogP contribution in [0.4, 0.5) is 15.8 Å². The molecule has 0 saturated carbocycles. The Hall–Kier alpha value is -2.87. The van der Waals surface area contributed by atoms with E-state index in [4.69, 9.17) is 4.74 Å². The van der Waals surface area contributed by atoms with Crippen molar-refractivity contribution in [2.75, 3.05) is 19.0 Å². The Morgan fingerprint density at radius 3 is 2.69 bits per heavy atom. The quantitative estimate of drug-likeness (QED) is 0.736. The van der Waals surface area contributed by atoms with Gasteiger partial charge in [-0.15, -0.1) is 0 Å². The summed E-state index contributed by atoms with van der Waals surface area (Å²) in [7, 11) is 1.56. The van der Waals surface area contributed by atoms with Crippen molar-refractivity contribution in [3.8, 4) is 5.75 Å². The van der Waals surface area contributed by atoms with Crippen molar-refractivity contribution in [3.63, 3.8) is 0 Å². The van der Waals surface area contributed by atoms with Crippen LogP contribution >= 0.6 is 11.8 Å². The monoisotopic (exact) mass is 415 g/mol. The Kier molecular flexibility index (Phi) is 6.87. The number of carbonyl (C=O) groups excluding carboxylic acids is 2. The summed E-state index contributed by atoms with van der Waals surface area (Å²) < 4.78 is 19.1. The Labute approximate surface area is 173 Å². The number of amidine groups is 1. The summed E-state index contributed by atoms with van der Waals surface area (Å²) in [5.74, 6) is -0.507. The van der Waals surface area contributed by atoms with Crippen LogP contribution < -0.4 is 10.1 Å². The van der Waals surface area contributed by atoms with Gasteiger partial charge in [-0.05, 0) is 30.7 Å². The van der Waals surface area contributed by atoms with Gasteiger partial charge in [0.25, 0.3) is 0 Å². The summed E-state index contributed by atoms with van der Waals surface area (Å²) in [4.78, 5) is 31.4. The van der Waals surface area contributed by atoms with E-state index in [1.807, 2.05) is 19.1 Å². The average Bonchev–Trinajstić information content (AvgIpc) is 2.99. The number of thioether (sulfide) groups is 1. The minimum absolute atomic E-state index is 0.0665. The predicted molar refractivity (Wildman–Crippen MR) is 113 cm³/mol. The van der Waals surface area contributed by atoms with Gasteiger partial charge in [0.15, 0.2) is 5.17 Å². The first-order valence-corrected chi connectivity index (χ1v) is 10.2. The van der Waals surface area contributed by atoms with Gasteiger partial charge in [0, 0.05) is 13.0 Å². The lowest BCUT2D eigenvalue weighted by molar-refractivity contribution is -0.128. The SMILES string of the molecule is CCCN1C(=O)C(CC(=O)Nc2ccccc2F)SC1=Nc1ccccc1OC. The normalized spacial score (nSPS) is 17.6. The van der Waals surface area contributed by atoms with E-state index in [0.717, 1.165) is 6.42 Å². The number of hydrogen-bond donors (Lipinski definition) is 1. The molecule has 3 rings (SSSR count). The summed E-state index contributed by atoms with van der Waals surface area (Å²) >= 11 is 1.24. The van der Waals surface area contributed by atoms with E-state index in [1.54, 1.807) is 36.3 Å². The second-order valence-electron chi connectivity index (χ2n) is 6.39. The highest BCUT2D eigenvalue weighted by Crippen LogP contribution is 2.34. The van der Waals surface area contributed by atoms with Crippen molar-refractivity contribution in [3.05, 3.63) is 54.3 Å². The highest BCUT2D eigenvalue weighted by atomic mass is 32.2. The molecule has 2 amide bonds. The van der Waals surface area contributed by atoms with Gasteiger partial charge in [0.05, 0.1) is 12.8 Å². The number of amides is 2. The van der Waals surface area contributed by atoms with Crippen LogP contribution in [0.3, 0.4) is 0 Å². The minimum atomic E-state index is -0.609. The van der Waals surface area contributed by atoms with Gasteiger partial charge >= 0.3 is 0 Å². The molecule has 0 bridgehead atoms. The van der Waals surface area contributed by atoms with Crippen molar-refractivity contribution >= 4 is 40.1 Å². The fraction of sp³-hybridized carbons (Fsp3) is 0.286. The zero-order chi connectivity index (χ0) is 20.8. The van der Waals surface area contributed by atoms with Gasteiger partial charge in [-0.1, -0.05) is 43.0 Å². The maximum atomic E-state index is 13.8. The Morgan fingerprint density at radius 1 is 1.24 bits per heavy atom. The van der Waals surface area contributed by atoms with E-state index in [-0.39, 0.29) is 18.0 Å². The molecule has 0 spiro atoms. The van der Waals surface area contributed by atoms with E-state index >= 15 is 0 Å². The molecule has 8 heteroatoms. The molecule has 29 heavy (non-hydrogen) atoms. The number of halogens is 1. The Bertz CT molecular complexity index is 935. The first kappa shape index (κ1) is 20.9. The first-order chi connectivity index (χ1) is 14.0. The number of para-hydroxylation sites is 3. The van der Waals surface area contributed by atoms with Crippen molar-refractivity contribution in [1.82, 2.24) is 4.90 Å². The zero-order valence-electron chi connectivity index (χ0n) is 16.2. The number of hydrogen-bond acceptors (Lipinski definition) is 5. The molecule has 1 unspecified atom stereocenters. The van der Waals surface area contributed by atoms with Crippen molar-refractivity contribution < 1.29 is 18.7 Å². The molecule has 1 saturated heterocycles. The van der Waals surface area contributed by atoms with E-state index in [1.165, 1.54) is 23.9 Å². The number of nitrogens with one attached hydrogen (secondary N) is 1. The third-order valence-corrected chi connectivity index (χ3v) is 5.46. The van der Waals surface area contributed by atoms with E-state index in [0.29, 0.717) is 23.1 Å². The molecule has 6 nitrogen and oxygen atoms in total. The molecule has 1 N–H and O–H groups in total. The van der Waals surface area contributed by atoms with Gasteiger partial charge < -0.3 is 10.1 Å². The molecule has 152 valence electrons. The lowest BCUT2D eigenvalue weighted by atomic mass is 10.2. The van der Waals surface area contributed by atoms with Crippen LogP contribution in [-0.2, 0) is 9.59 Å². The standard InChI is InChI=1S/C21H22FN3O3S/c1-3-12-25-20(27)18(13-19(26)23-15-9-5-4-8-14(15)22)29-21(25)24-16-10-6-7-11-17(16)28-2/h4-11,18H,3,12-13H2,1-2H3,(H,23,26). The van der Waals surface area contributed by atoms with E-state index < -0.39 is 17.0 Å². The van der Waals surface area contributed by atoms with Crippen molar-refractivity contribution in [2.24, 2.45) is 4.99 Å². The smallest absolute Gasteiger partial charge is 0.242 e. The van der Waals surface area contributed by atoms with Gasteiger partial charge in [0.2, 0.25) is 11.8 Å². The second kappa shape index (κ2) is 9.56.